The Labute approximate surface area is 113 Å². The first-order valence-electron chi connectivity index (χ1n) is 6.10. The van der Waals surface area contributed by atoms with Crippen LogP contribution in [0.5, 0.6) is 0 Å². The smallest absolute Gasteiger partial charge is 0.0883 e. The van der Waals surface area contributed by atoms with Crippen LogP contribution in [0.4, 0.5) is 0 Å². The maximum Gasteiger partial charge on any atom is 0.0883 e. The Balaban J connectivity index is 1.99. The quantitative estimate of drug-likeness (QED) is 0.832. The van der Waals surface area contributed by atoms with Crippen molar-refractivity contribution in [1.82, 2.24) is 0 Å². The van der Waals surface area contributed by atoms with Crippen molar-refractivity contribution in [3.63, 3.8) is 0 Å². The third kappa shape index (κ3) is 3.37. The van der Waals surface area contributed by atoms with Gasteiger partial charge in [-0.2, -0.15) is 0 Å². The van der Waals surface area contributed by atoms with E-state index in [1.807, 2.05) is 30.3 Å². The number of hydrogen-bond donors (Lipinski definition) is 1. The van der Waals surface area contributed by atoms with Crippen molar-refractivity contribution in [3.8, 4) is 0 Å². The summed E-state index contributed by atoms with van der Waals surface area (Å²) in [6.45, 7) is 4.21. The zero-order valence-corrected chi connectivity index (χ0v) is 11.6. The van der Waals surface area contributed by atoms with Crippen LogP contribution in [0, 0.1) is 13.8 Å². The van der Waals surface area contributed by atoms with Gasteiger partial charge < -0.3 is 5.11 Å². The van der Waals surface area contributed by atoms with Gasteiger partial charge in [0.15, 0.2) is 0 Å². The molecule has 0 saturated carbocycles. The molecule has 0 amide bonds. The van der Waals surface area contributed by atoms with Gasteiger partial charge in [-0.25, -0.2) is 0 Å². The van der Waals surface area contributed by atoms with Gasteiger partial charge in [-0.05, 0) is 31.0 Å². The van der Waals surface area contributed by atoms with Gasteiger partial charge in [0.05, 0.1) is 6.10 Å². The maximum atomic E-state index is 10.1. The highest BCUT2D eigenvalue weighted by Gasteiger charge is 2.08. The predicted octanol–water partition coefficient (Wildman–Crippen LogP) is 4.13. The molecule has 0 aliphatic carbocycles. The highest BCUT2D eigenvalue weighted by Crippen LogP contribution is 2.27. The van der Waals surface area contributed by atoms with Gasteiger partial charge >= 0.3 is 0 Å². The van der Waals surface area contributed by atoms with Gasteiger partial charge in [-0.1, -0.05) is 48.0 Å². The standard InChI is InChI=1S/C16H18OS/c1-12-8-9-16(13(2)10-12)18-11-15(17)14-6-4-3-5-7-14/h3-10,15,17H,11H2,1-2H3. The fraction of sp³-hybridized carbons (Fsp3) is 0.250. The number of hydrogen-bond acceptors (Lipinski definition) is 2. The summed E-state index contributed by atoms with van der Waals surface area (Å²) in [6.07, 6.45) is -0.406. The molecule has 0 aliphatic rings. The lowest BCUT2D eigenvalue weighted by molar-refractivity contribution is 0.204. The number of aliphatic hydroxyl groups is 1. The fourth-order valence-electron chi connectivity index (χ4n) is 1.90. The topological polar surface area (TPSA) is 20.2 Å². The van der Waals surface area contributed by atoms with E-state index in [-0.39, 0.29) is 0 Å². The summed E-state index contributed by atoms with van der Waals surface area (Å²) in [7, 11) is 0. The summed E-state index contributed by atoms with van der Waals surface area (Å²) in [6, 6.07) is 16.2. The van der Waals surface area contributed by atoms with Crippen molar-refractivity contribution >= 4 is 11.8 Å². The van der Waals surface area contributed by atoms with Gasteiger partial charge in [-0.3, -0.25) is 0 Å². The SMILES string of the molecule is Cc1ccc(SCC(O)c2ccccc2)c(C)c1. The van der Waals surface area contributed by atoms with E-state index in [0.29, 0.717) is 5.75 Å². The molecule has 18 heavy (non-hydrogen) atoms. The van der Waals surface area contributed by atoms with Crippen molar-refractivity contribution in [1.29, 1.82) is 0 Å². The average molecular weight is 258 g/mol. The Bertz CT molecular complexity index is 508. The molecule has 0 radical (unpaired) electrons. The number of rotatable bonds is 4. The van der Waals surface area contributed by atoms with Gasteiger partial charge in [0.25, 0.3) is 0 Å². The molecule has 0 aliphatic heterocycles. The summed E-state index contributed by atoms with van der Waals surface area (Å²) < 4.78 is 0. The second-order valence-corrected chi connectivity index (χ2v) is 5.57. The molecule has 1 atom stereocenters. The van der Waals surface area contributed by atoms with Gasteiger partial charge in [0.1, 0.15) is 0 Å². The van der Waals surface area contributed by atoms with E-state index in [1.54, 1.807) is 11.8 Å². The van der Waals surface area contributed by atoms with Crippen molar-refractivity contribution in [3.05, 3.63) is 65.2 Å². The highest BCUT2D eigenvalue weighted by atomic mass is 32.2. The normalized spacial score (nSPS) is 12.4. The molecule has 0 spiro atoms. The monoisotopic (exact) mass is 258 g/mol. The molecule has 1 nitrogen and oxygen atoms in total. The first-order chi connectivity index (χ1) is 8.66. The molecule has 0 aromatic heterocycles. The summed E-state index contributed by atoms with van der Waals surface area (Å²) in [5, 5.41) is 10.1. The predicted molar refractivity (Wildman–Crippen MR) is 78.0 cm³/mol. The van der Waals surface area contributed by atoms with E-state index in [2.05, 4.69) is 32.0 Å². The van der Waals surface area contributed by atoms with Crippen LogP contribution >= 0.6 is 11.8 Å². The van der Waals surface area contributed by atoms with Gasteiger partial charge in [-0.15, -0.1) is 11.8 Å². The second-order valence-electron chi connectivity index (χ2n) is 4.51. The Kier molecular flexibility index (Phi) is 4.45. The highest BCUT2D eigenvalue weighted by molar-refractivity contribution is 7.99. The van der Waals surface area contributed by atoms with Crippen LogP contribution in [0.2, 0.25) is 0 Å². The number of benzene rings is 2. The van der Waals surface area contributed by atoms with Gasteiger partial charge in [0.2, 0.25) is 0 Å². The number of thioether (sulfide) groups is 1. The molecule has 2 aromatic carbocycles. The molecule has 1 unspecified atom stereocenters. The third-order valence-corrected chi connectivity index (χ3v) is 4.16. The van der Waals surface area contributed by atoms with Crippen molar-refractivity contribution in [2.45, 2.75) is 24.8 Å². The molecule has 0 bridgehead atoms. The molecule has 2 rings (SSSR count). The van der Waals surface area contributed by atoms with Crippen LogP contribution in [-0.2, 0) is 0 Å². The van der Waals surface area contributed by atoms with Crippen LogP contribution in [0.25, 0.3) is 0 Å². The molecule has 2 aromatic rings. The first kappa shape index (κ1) is 13.2. The molecule has 0 heterocycles. The van der Waals surface area contributed by atoms with Crippen LogP contribution in [0.1, 0.15) is 22.8 Å². The van der Waals surface area contributed by atoms with Crippen molar-refractivity contribution in [2.75, 3.05) is 5.75 Å². The minimum Gasteiger partial charge on any atom is -0.388 e. The van der Waals surface area contributed by atoms with E-state index in [4.69, 9.17) is 0 Å². The lowest BCUT2D eigenvalue weighted by Gasteiger charge is -2.12. The van der Waals surface area contributed by atoms with Gasteiger partial charge in [0, 0.05) is 10.6 Å². The molecular weight excluding hydrogens is 240 g/mol. The Hall–Kier alpha value is -1.25. The lowest BCUT2D eigenvalue weighted by atomic mass is 10.1. The molecule has 1 N–H and O–H groups in total. The Morgan fingerprint density at radius 2 is 1.78 bits per heavy atom. The molecule has 0 saturated heterocycles. The van der Waals surface area contributed by atoms with E-state index < -0.39 is 6.10 Å². The Morgan fingerprint density at radius 1 is 1.06 bits per heavy atom. The second kappa shape index (κ2) is 6.07. The maximum absolute atomic E-state index is 10.1. The van der Waals surface area contributed by atoms with Crippen LogP contribution in [-0.4, -0.2) is 10.9 Å². The molecular formula is C16H18OS. The van der Waals surface area contributed by atoms with Crippen LogP contribution < -0.4 is 0 Å². The fourth-order valence-corrected chi connectivity index (χ4v) is 2.88. The Morgan fingerprint density at radius 3 is 2.44 bits per heavy atom. The van der Waals surface area contributed by atoms with E-state index in [9.17, 15) is 5.11 Å². The molecule has 94 valence electrons. The van der Waals surface area contributed by atoms with Crippen molar-refractivity contribution in [2.24, 2.45) is 0 Å². The first-order valence-corrected chi connectivity index (χ1v) is 7.08. The summed E-state index contributed by atoms with van der Waals surface area (Å²) in [5.74, 6) is 0.688. The summed E-state index contributed by atoms with van der Waals surface area (Å²) in [5.41, 5.74) is 3.54. The average Bonchev–Trinajstić information content (AvgIpc) is 2.38. The minimum absolute atomic E-state index is 0.406. The van der Waals surface area contributed by atoms with Crippen molar-refractivity contribution < 1.29 is 5.11 Å². The number of aliphatic hydroxyl groups excluding tert-OH is 1. The zero-order valence-electron chi connectivity index (χ0n) is 10.8. The van der Waals surface area contributed by atoms with E-state index in [0.717, 1.165) is 5.56 Å². The number of aryl methyl sites for hydroxylation is 2. The minimum atomic E-state index is -0.406. The zero-order chi connectivity index (χ0) is 13.0. The summed E-state index contributed by atoms with van der Waals surface area (Å²) >= 11 is 1.71. The lowest BCUT2D eigenvalue weighted by Crippen LogP contribution is -2.00. The van der Waals surface area contributed by atoms with Crippen LogP contribution in [0.15, 0.2) is 53.4 Å². The molecule has 2 heteroatoms. The van der Waals surface area contributed by atoms with E-state index in [1.165, 1.54) is 16.0 Å². The third-order valence-electron chi connectivity index (χ3n) is 2.91. The summed E-state index contributed by atoms with van der Waals surface area (Å²) in [4.78, 5) is 1.25. The largest absolute Gasteiger partial charge is 0.388 e. The van der Waals surface area contributed by atoms with Crippen LogP contribution in [0.3, 0.4) is 0 Å². The van der Waals surface area contributed by atoms with E-state index >= 15 is 0 Å². The molecule has 0 fully saturated rings.